The van der Waals surface area contributed by atoms with Gasteiger partial charge in [0.05, 0.1) is 12.6 Å². The van der Waals surface area contributed by atoms with Crippen molar-refractivity contribution < 1.29 is 4.74 Å². The number of halogens is 1. The Morgan fingerprint density at radius 2 is 2.14 bits per heavy atom. The van der Waals surface area contributed by atoms with Crippen LogP contribution in [0.5, 0.6) is 5.75 Å². The molecule has 0 aliphatic carbocycles. The number of aryl methyl sites for hydroxylation is 1. The zero-order valence-electron chi connectivity index (χ0n) is 8.04. The quantitative estimate of drug-likeness (QED) is 0.776. The molecule has 0 amide bonds. The zero-order valence-corrected chi connectivity index (χ0v) is 9.63. The van der Waals surface area contributed by atoms with Gasteiger partial charge in [0.15, 0.2) is 0 Å². The lowest BCUT2D eigenvalue weighted by atomic mass is 10.1. The third-order valence-electron chi connectivity index (χ3n) is 2.12. The topological polar surface area (TPSA) is 22.1 Å². The van der Waals surface area contributed by atoms with Gasteiger partial charge in [-0.1, -0.05) is 0 Å². The highest BCUT2D eigenvalue weighted by atomic mass is 79.9. The Hall–Kier alpha value is -1.09. The molecule has 0 aliphatic heterocycles. The van der Waals surface area contributed by atoms with Crippen LogP contribution in [0.4, 0.5) is 0 Å². The monoisotopic (exact) mass is 251 g/mol. The SMILES string of the molecule is COc1ccnc2c(Br)cc(C)cc12. The molecule has 0 bridgehead atoms. The van der Waals surface area contributed by atoms with E-state index in [2.05, 4.69) is 40.0 Å². The molecule has 2 rings (SSSR count). The molecule has 0 aliphatic rings. The average molecular weight is 252 g/mol. The van der Waals surface area contributed by atoms with Crippen LogP contribution < -0.4 is 4.74 Å². The number of ether oxygens (including phenoxy) is 1. The van der Waals surface area contributed by atoms with Gasteiger partial charge >= 0.3 is 0 Å². The van der Waals surface area contributed by atoms with Gasteiger partial charge in [-0.2, -0.15) is 0 Å². The third kappa shape index (κ3) is 1.48. The summed E-state index contributed by atoms with van der Waals surface area (Å²) in [5.74, 6) is 0.861. The van der Waals surface area contributed by atoms with E-state index in [9.17, 15) is 0 Å². The first kappa shape index (κ1) is 9.46. The molecule has 0 unspecified atom stereocenters. The molecule has 1 heterocycles. The second-order valence-electron chi connectivity index (χ2n) is 3.16. The summed E-state index contributed by atoms with van der Waals surface area (Å²) < 4.78 is 6.28. The largest absolute Gasteiger partial charge is 0.496 e. The summed E-state index contributed by atoms with van der Waals surface area (Å²) in [4.78, 5) is 4.30. The lowest BCUT2D eigenvalue weighted by molar-refractivity contribution is 0.419. The van der Waals surface area contributed by atoms with Crippen LogP contribution in [0.15, 0.2) is 28.9 Å². The number of pyridine rings is 1. The van der Waals surface area contributed by atoms with Crippen LogP contribution in [0.2, 0.25) is 0 Å². The number of hydrogen-bond acceptors (Lipinski definition) is 2. The van der Waals surface area contributed by atoms with Crippen molar-refractivity contribution in [3.05, 3.63) is 34.4 Å². The summed E-state index contributed by atoms with van der Waals surface area (Å²) in [6, 6.07) is 5.99. The minimum absolute atomic E-state index is 0.861. The van der Waals surface area contributed by atoms with Gasteiger partial charge in [0.2, 0.25) is 0 Å². The number of methoxy groups -OCH3 is 1. The molecule has 3 heteroatoms. The molecule has 2 aromatic rings. The second-order valence-corrected chi connectivity index (χ2v) is 4.01. The average Bonchev–Trinajstić information content (AvgIpc) is 2.17. The smallest absolute Gasteiger partial charge is 0.129 e. The molecule has 0 atom stereocenters. The van der Waals surface area contributed by atoms with E-state index in [-0.39, 0.29) is 0 Å². The standard InChI is InChI=1S/C11H10BrNO/c1-7-5-8-10(14-2)3-4-13-11(8)9(12)6-7/h3-6H,1-2H3. The third-order valence-corrected chi connectivity index (χ3v) is 2.73. The Balaban J connectivity index is 2.86. The van der Waals surface area contributed by atoms with E-state index < -0.39 is 0 Å². The summed E-state index contributed by atoms with van der Waals surface area (Å²) in [5.41, 5.74) is 2.13. The van der Waals surface area contributed by atoms with Crippen LogP contribution in [0.1, 0.15) is 5.56 Å². The number of benzene rings is 1. The van der Waals surface area contributed by atoms with Crippen LogP contribution in [-0.4, -0.2) is 12.1 Å². The highest BCUT2D eigenvalue weighted by molar-refractivity contribution is 9.10. The van der Waals surface area contributed by atoms with Crippen molar-refractivity contribution in [2.45, 2.75) is 6.92 Å². The fraction of sp³-hybridized carbons (Fsp3) is 0.182. The van der Waals surface area contributed by atoms with Crippen molar-refractivity contribution in [2.75, 3.05) is 7.11 Å². The molecule has 1 aromatic carbocycles. The maximum atomic E-state index is 5.28. The van der Waals surface area contributed by atoms with Gasteiger partial charge in [0.1, 0.15) is 5.75 Å². The molecule has 14 heavy (non-hydrogen) atoms. The Bertz CT molecular complexity index is 482. The Kier molecular flexibility index (Phi) is 2.42. The van der Waals surface area contributed by atoms with E-state index in [4.69, 9.17) is 4.74 Å². The highest BCUT2D eigenvalue weighted by Gasteiger charge is 2.05. The van der Waals surface area contributed by atoms with Crippen LogP contribution in [0, 0.1) is 6.92 Å². The predicted molar refractivity (Wildman–Crippen MR) is 60.7 cm³/mol. The maximum absolute atomic E-state index is 5.28. The number of hydrogen-bond donors (Lipinski definition) is 0. The van der Waals surface area contributed by atoms with Gasteiger partial charge in [-0.25, -0.2) is 0 Å². The summed E-state index contributed by atoms with van der Waals surface area (Å²) in [5, 5.41) is 1.04. The maximum Gasteiger partial charge on any atom is 0.129 e. The van der Waals surface area contributed by atoms with E-state index in [0.29, 0.717) is 0 Å². The molecule has 0 N–H and O–H groups in total. The van der Waals surface area contributed by atoms with Crippen molar-refractivity contribution in [3.63, 3.8) is 0 Å². The number of fused-ring (bicyclic) bond motifs is 1. The molecule has 0 radical (unpaired) electrons. The summed E-state index contributed by atoms with van der Waals surface area (Å²) in [6.07, 6.45) is 1.75. The Morgan fingerprint density at radius 1 is 1.36 bits per heavy atom. The molecule has 0 saturated heterocycles. The summed E-state index contributed by atoms with van der Waals surface area (Å²) in [7, 11) is 1.67. The molecule has 0 spiro atoms. The van der Waals surface area contributed by atoms with Crippen LogP contribution in [-0.2, 0) is 0 Å². The van der Waals surface area contributed by atoms with Gasteiger partial charge in [-0.3, -0.25) is 4.98 Å². The van der Waals surface area contributed by atoms with Crippen LogP contribution in [0.3, 0.4) is 0 Å². The van der Waals surface area contributed by atoms with Crippen LogP contribution >= 0.6 is 15.9 Å². The first-order valence-electron chi connectivity index (χ1n) is 4.31. The van der Waals surface area contributed by atoms with E-state index in [0.717, 1.165) is 21.1 Å². The molecule has 72 valence electrons. The van der Waals surface area contributed by atoms with E-state index in [1.807, 2.05) is 6.07 Å². The predicted octanol–water partition coefficient (Wildman–Crippen LogP) is 3.31. The minimum atomic E-state index is 0.861. The highest BCUT2D eigenvalue weighted by Crippen LogP contribution is 2.29. The summed E-state index contributed by atoms with van der Waals surface area (Å²) >= 11 is 3.49. The lowest BCUT2D eigenvalue weighted by Gasteiger charge is -2.06. The van der Waals surface area contributed by atoms with Crippen molar-refractivity contribution in [1.82, 2.24) is 4.98 Å². The van der Waals surface area contributed by atoms with Gasteiger partial charge < -0.3 is 4.74 Å². The fourth-order valence-electron chi connectivity index (χ4n) is 1.50. The van der Waals surface area contributed by atoms with Crippen molar-refractivity contribution in [1.29, 1.82) is 0 Å². The van der Waals surface area contributed by atoms with Gasteiger partial charge in [-0.15, -0.1) is 0 Å². The zero-order chi connectivity index (χ0) is 10.1. The molecule has 2 nitrogen and oxygen atoms in total. The van der Waals surface area contributed by atoms with Crippen LogP contribution in [0.25, 0.3) is 10.9 Å². The molecular formula is C11H10BrNO. The second kappa shape index (κ2) is 3.58. The molecular weight excluding hydrogens is 242 g/mol. The molecule has 0 saturated carbocycles. The van der Waals surface area contributed by atoms with E-state index in [1.54, 1.807) is 13.3 Å². The lowest BCUT2D eigenvalue weighted by Crippen LogP contribution is -1.88. The number of rotatable bonds is 1. The Labute approximate surface area is 91.0 Å². The first-order chi connectivity index (χ1) is 6.72. The molecule has 1 aromatic heterocycles. The van der Waals surface area contributed by atoms with Gasteiger partial charge in [-0.05, 0) is 46.6 Å². The normalized spacial score (nSPS) is 10.5. The fourth-order valence-corrected chi connectivity index (χ4v) is 2.18. The number of aromatic nitrogens is 1. The minimum Gasteiger partial charge on any atom is -0.496 e. The van der Waals surface area contributed by atoms with Crippen molar-refractivity contribution in [2.24, 2.45) is 0 Å². The Morgan fingerprint density at radius 3 is 2.86 bits per heavy atom. The number of nitrogens with zero attached hydrogens (tertiary/aromatic N) is 1. The van der Waals surface area contributed by atoms with Gasteiger partial charge in [0, 0.05) is 16.1 Å². The first-order valence-corrected chi connectivity index (χ1v) is 5.10. The van der Waals surface area contributed by atoms with E-state index >= 15 is 0 Å². The van der Waals surface area contributed by atoms with Crippen molar-refractivity contribution >= 4 is 26.8 Å². The van der Waals surface area contributed by atoms with E-state index in [1.165, 1.54) is 5.56 Å². The van der Waals surface area contributed by atoms with Crippen molar-refractivity contribution in [3.8, 4) is 5.75 Å². The molecule has 0 fully saturated rings. The van der Waals surface area contributed by atoms with Gasteiger partial charge in [0.25, 0.3) is 0 Å². The summed E-state index contributed by atoms with van der Waals surface area (Å²) in [6.45, 7) is 2.05.